The second kappa shape index (κ2) is 15.0. The van der Waals surface area contributed by atoms with Crippen LogP contribution in [0.1, 0.15) is 211 Å². The molecule has 26 aromatic rings. The van der Waals surface area contributed by atoms with Crippen molar-refractivity contribution in [2.45, 2.75) is 97.7 Å². The van der Waals surface area contributed by atoms with E-state index in [2.05, 4.69) is 248 Å². The van der Waals surface area contributed by atoms with E-state index in [4.69, 9.17) is 0 Å². The monoisotopic (exact) mass is 1570 g/mol. The summed E-state index contributed by atoms with van der Waals surface area (Å²) in [5, 5.41) is 58.2. The lowest BCUT2D eigenvalue weighted by atomic mass is 9.45. The third-order valence-electron chi connectivity index (χ3n) is 41.1. The van der Waals surface area contributed by atoms with Gasteiger partial charge < -0.3 is 0 Å². The van der Waals surface area contributed by atoms with Gasteiger partial charge in [0.15, 0.2) is 0 Å². The van der Waals surface area contributed by atoms with Crippen molar-refractivity contribution < 1.29 is 0 Å². The smallest absolute Gasteiger partial charge is 0.0622 e. The Morgan fingerprint density at radius 3 is 0.587 bits per heavy atom. The standard InChI is InChI=1S/C126H56/c1-43-17-29-51(30-18-43)121-97-69-57-59-63-67-61(57)73-83(97)93-87-81-89-77-64-60-58-62-68(64)95(81)120(42-50-15-11-8-12-16-50)102-74(62)84-94-88-82(96(67)119(104(88)102,101(73)103(87)120)41-49-13-9-7-10-14-49)90-78(63)108-106-75(59)71-65(69)79-91-85-86-92-80-66(72-76(60)105-107(77)125(111(89)109(93)121,55-37-25-47(5)26-38-55)117(113(79)121)115(91)123(105,100(72)86)53-33-21-45(3)22-34-53)70(58)98(84)122(52-31-19-44(2)20-32-52)110(94)112(90)126(108,56-39-27-48(6)28-40-56)118(114(80)122)116(92)124(106,99(71)85)54-35-23-46(4)24-36-54/h7-40H,41-42H2,1-6H3/t119-,120-,121+,122+,123+,124+,125-,126-/m1/s1. The minimum atomic E-state index is -0.770. The molecule has 0 aromatic heterocycles. The van der Waals surface area contributed by atoms with Gasteiger partial charge in [0, 0.05) is 0 Å². The van der Waals surface area contributed by atoms with Gasteiger partial charge >= 0.3 is 0 Å². The molecule has 19 aliphatic rings. The number of aryl methyl sites for hydroxylation is 6. The predicted molar refractivity (Wildman–Crippen MR) is 511 cm³/mol. The molecular weight excluding hydrogens is 1510 g/mol. The average molecular weight is 1570 g/mol. The Kier molecular flexibility index (Phi) is 6.82. The van der Waals surface area contributed by atoms with E-state index in [1.165, 1.54) is 77.9 Å². The average Bonchev–Trinajstić information content (AvgIpc) is 1.37. The van der Waals surface area contributed by atoms with Crippen molar-refractivity contribution in [1.82, 2.24) is 0 Å². The first kappa shape index (κ1) is 57.2. The highest BCUT2D eigenvalue weighted by atomic mass is 14.8. The van der Waals surface area contributed by atoms with Crippen LogP contribution in [0.4, 0.5) is 0 Å². The quantitative estimate of drug-likeness (QED) is 0.0946. The molecule has 0 spiro atoms. The molecule has 0 saturated carbocycles. The van der Waals surface area contributed by atoms with Crippen LogP contribution in [0.5, 0.6) is 0 Å². The maximum Gasteiger partial charge on any atom is 0.0733 e. The van der Waals surface area contributed by atoms with Crippen molar-refractivity contribution in [3.05, 3.63) is 418 Å². The summed E-state index contributed by atoms with van der Waals surface area (Å²) in [5.41, 5.74) is 56.9. The molecule has 0 saturated heterocycles. The molecule has 0 heterocycles. The summed E-state index contributed by atoms with van der Waals surface area (Å²) in [7, 11) is 0. The fourth-order valence-electron chi connectivity index (χ4n) is 39.3. The molecule has 0 amide bonds. The van der Waals surface area contributed by atoms with Crippen molar-refractivity contribution in [2.75, 3.05) is 0 Å². The van der Waals surface area contributed by atoms with E-state index in [1.54, 1.807) is 339 Å². The van der Waals surface area contributed by atoms with Crippen LogP contribution >= 0.6 is 0 Å². The molecule has 126 heavy (non-hydrogen) atoms. The molecular formula is C126H56. The minimum absolute atomic E-state index is 0.642. The Balaban J connectivity index is 0.930. The SMILES string of the molecule is Cc1ccc([C@@]23c4c5c6c7c8c9c%10c%11c%12c%13c%14c%15c%16c%17c%18c%19c%20c%21c%17c%17c%22c%23c%24c(c(c(c%24c-7c7c%23c%23c(c2c2c%24c3c3c%25c%26c(c%27c%28c%25c%25c(c9c6c4[C@]3%25c3ccc(C)cc3)c3c%28c(c(c%18%14)[C@@]%19%27Cc4ccccc4)c%13c%103)[C@]%20(Cc3ccccc3)c(c%26%24)c3c2c%23c%22c%213)[C@@]57c2ccc(C)cc2)[C@@]8%11c2ccc(C)cc2)[C@@]%15%12c2ccc(C)cc2)[C@]%16%17c2ccc(C)cc2)cc1. The van der Waals surface area contributed by atoms with Gasteiger partial charge in [0.1, 0.15) is 0 Å². The summed E-state index contributed by atoms with van der Waals surface area (Å²) >= 11 is 0. The van der Waals surface area contributed by atoms with Gasteiger partial charge in [-0.2, -0.15) is 0 Å². The Hall–Kier alpha value is -14.3. The van der Waals surface area contributed by atoms with Gasteiger partial charge in [0.25, 0.3) is 0 Å². The minimum Gasteiger partial charge on any atom is -0.0622 e. The van der Waals surface area contributed by atoms with Crippen molar-refractivity contribution in [3.63, 3.8) is 0 Å². The summed E-state index contributed by atoms with van der Waals surface area (Å²) in [6.07, 6.45) is 1.76. The lowest BCUT2D eigenvalue weighted by Crippen LogP contribution is -2.50. The maximum absolute atomic E-state index is 2.74. The Morgan fingerprint density at radius 2 is 0.302 bits per heavy atom. The Labute approximate surface area is 715 Å². The molecule has 0 heteroatoms. The van der Waals surface area contributed by atoms with Gasteiger partial charge in [-0.05, 0) is 437 Å². The summed E-state index contributed by atoms with van der Waals surface area (Å²) in [6.45, 7) is 14.3. The van der Waals surface area contributed by atoms with Gasteiger partial charge in [0.2, 0.25) is 0 Å². The third kappa shape index (κ3) is 3.91. The van der Waals surface area contributed by atoms with Gasteiger partial charge in [-0.25, -0.2) is 0 Å². The zero-order valence-electron chi connectivity index (χ0n) is 69.0. The Bertz CT molecular complexity index is 10400. The van der Waals surface area contributed by atoms with Crippen LogP contribution in [0, 0.1) is 41.5 Å². The first-order valence-corrected chi connectivity index (χ1v) is 46.9. The van der Waals surface area contributed by atoms with Crippen LogP contribution in [0.15, 0.2) is 206 Å². The van der Waals surface area contributed by atoms with Crippen molar-refractivity contribution in [2.24, 2.45) is 0 Å². The maximum atomic E-state index is 2.74. The zero-order valence-corrected chi connectivity index (χ0v) is 69.0. The van der Waals surface area contributed by atoms with E-state index >= 15 is 0 Å². The summed E-state index contributed by atoms with van der Waals surface area (Å²) in [6, 6.07) is 88.5. The Morgan fingerprint density at radius 1 is 0.135 bits per heavy atom. The molecule has 26 aromatic carbocycles. The summed E-state index contributed by atoms with van der Waals surface area (Å²) in [4.78, 5) is 0. The largest absolute Gasteiger partial charge is 0.0733 e. The predicted octanol–water partition coefficient (Wildman–Crippen LogP) is 28.2. The molecule has 0 fully saturated rings. The zero-order chi connectivity index (χ0) is 79.3. The fraction of sp³-hybridized carbons (Fsp3) is 0.127. The number of rotatable bonds is 10. The number of benzene rings is 22. The van der Waals surface area contributed by atoms with Crippen LogP contribution in [-0.4, -0.2) is 0 Å². The molecule has 0 nitrogen and oxygen atoms in total. The van der Waals surface area contributed by atoms with Crippen molar-refractivity contribution >= 4 is 194 Å². The third-order valence-corrected chi connectivity index (χ3v) is 41.1. The van der Waals surface area contributed by atoms with Gasteiger partial charge in [-0.3, -0.25) is 0 Å². The van der Waals surface area contributed by atoms with Gasteiger partial charge in [-0.1, -0.05) is 240 Å². The van der Waals surface area contributed by atoms with Gasteiger partial charge in [-0.15, -0.1) is 0 Å². The second-order valence-electron chi connectivity index (χ2n) is 44.1. The van der Waals surface area contributed by atoms with Crippen LogP contribution < -0.4 is 0 Å². The van der Waals surface area contributed by atoms with Crippen LogP contribution in [0.2, 0.25) is 0 Å². The molecule has 0 radical (unpaired) electrons. The molecule has 0 N–H and O–H groups in total. The lowest BCUT2D eigenvalue weighted by Gasteiger charge is -2.55. The molecule has 0 unspecified atom stereocenters. The molecule has 0 bridgehead atoms. The van der Waals surface area contributed by atoms with E-state index in [0.717, 1.165) is 12.8 Å². The normalized spacial score (nSPS) is 25.5. The molecule has 19 aliphatic carbocycles. The van der Waals surface area contributed by atoms with E-state index in [0.29, 0.717) is 0 Å². The first-order chi connectivity index (χ1) is 62.1. The summed E-state index contributed by atoms with van der Waals surface area (Å²) in [5.74, 6) is 0. The topological polar surface area (TPSA) is 0 Å². The first-order valence-electron chi connectivity index (χ1n) is 46.9. The van der Waals surface area contributed by atoms with E-state index in [1.807, 2.05) is 0 Å². The van der Waals surface area contributed by atoms with Gasteiger partial charge in [0.05, 0.1) is 43.3 Å². The van der Waals surface area contributed by atoms with Crippen LogP contribution in [0.25, 0.3) is 205 Å². The van der Waals surface area contributed by atoms with E-state index in [-0.39, 0.29) is 0 Å². The molecule has 0 aliphatic heterocycles. The van der Waals surface area contributed by atoms with E-state index in [9.17, 15) is 0 Å². The highest BCUT2D eigenvalue weighted by Gasteiger charge is 2.80. The second-order valence-corrected chi connectivity index (χ2v) is 44.1. The highest BCUT2D eigenvalue weighted by molar-refractivity contribution is 6.65. The molecule has 560 valence electrons. The lowest BCUT2D eigenvalue weighted by molar-refractivity contribution is 0.536. The van der Waals surface area contributed by atoms with Crippen LogP contribution in [-0.2, 0) is 56.2 Å². The van der Waals surface area contributed by atoms with Crippen molar-refractivity contribution in [1.29, 1.82) is 0 Å². The number of hydrogen-bond acceptors (Lipinski definition) is 0. The number of hydrogen-bond donors (Lipinski definition) is 0. The van der Waals surface area contributed by atoms with E-state index < -0.39 is 43.3 Å². The van der Waals surface area contributed by atoms with Crippen LogP contribution in [0.3, 0.4) is 0 Å². The summed E-state index contributed by atoms with van der Waals surface area (Å²) < 4.78 is 0. The molecule has 8 atom stereocenters. The highest BCUT2D eigenvalue weighted by Crippen LogP contribution is 2.93. The fourth-order valence-corrected chi connectivity index (χ4v) is 39.3. The molecule has 45 rings (SSSR count). The van der Waals surface area contributed by atoms with Crippen molar-refractivity contribution in [3.8, 4) is 11.1 Å².